The molecule has 1 aromatic rings. The Hall–Kier alpha value is -0.466. The van der Waals surface area contributed by atoms with Crippen molar-refractivity contribution in [2.24, 2.45) is 0 Å². The van der Waals surface area contributed by atoms with Gasteiger partial charge in [-0.1, -0.05) is 30.3 Å². The molecule has 2 rings (SSSR count). The minimum absolute atomic E-state index is 0. The molecule has 3 heteroatoms. The number of allylic oxidation sites excluding steroid dienone is 1. The van der Waals surface area contributed by atoms with Crippen molar-refractivity contribution in [2.45, 2.75) is 6.42 Å². The Morgan fingerprint density at radius 2 is 2.14 bits per heavy atom. The summed E-state index contributed by atoms with van der Waals surface area (Å²) in [6.45, 7) is 0.584. The van der Waals surface area contributed by atoms with Crippen LogP contribution >= 0.6 is 0 Å². The second-order valence-electron chi connectivity index (χ2n) is 3.05. The van der Waals surface area contributed by atoms with E-state index in [0.717, 1.165) is 6.42 Å². The van der Waals surface area contributed by atoms with Gasteiger partial charge in [-0.25, -0.2) is 0 Å². The van der Waals surface area contributed by atoms with Crippen molar-refractivity contribution in [1.29, 1.82) is 0 Å². The van der Waals surface area contributed by atoms with Crippen molar-refractivity contribution in [1.82, 2.24) is 5.32 Å². The summed E-state index contributed by atoms with van der Waals surface area (Å²) in [7, 11) is 0. The molecule has 69 valence electrons. The van der Waals surface area contributed by atoms with Gasteiger partial charge in [-0.2, -0.15) is 6.41 Å². The van der Waals surface area contributed by atoms with Gasteiger partial charge in [-0.15, -0.1) is 0 Å². The Labute approximate surface area is 109 Å². The molecule has 1 aromatic carbocycles. The first-order chi connectivity index (χ1) is 6.42. The molecule has 14 heavy (non-hydrogen) atoms. The topological polar surface area (TPSA) is 29.1 Å². The number of amides is 1. The summed E-state index contributed by atoms with van der Waals surface area (Å²) in [5.74, 6) is 0. The fourth-order valence-electron chi connectivity index (χ4n) is 1.65. The number of rotatable bonds is 3. The minimum atomic E-state index is 0. The largest absolute Gasteiger partial charge is 0.526 e. The van der Waals surface area contributed by atoms with E-state index in [1.165, 1.54) is 16.7 Å². The van der Waals surface area contributed by atoms with Crippen LogP contribution < -0.4 is 5.32 Å². The van der Waals surface area contributed by atoms with Crippen LogP contribution in [-0.2, 0) is 43.9 Å². The SMILES string of the molecule is O=[C-]NCC1=CCc2ccccc21.[Y]. The number of benzene rings is 1. The third-order valence-electron chi connectivity index (χ3n) is 2.28. The Kier molecular flexibility index (Phi) is 4.50. The summed E-state index contributed by atoms with van der Waals surface area (Å²) in [5.41, 5.74) is 3.79. The molecule has 0 saturated heterocycles. The third-order valence-corrected chi connectivity index (χ3v) is 2.28. The van der Waals surface area contributed by atoms with E-state index in [9.17, 15) is 4.79 Å². The van der Waals surface area contributed by atoms with E-state index in [-0.39, 0.29) is 32.7 Å². The second-order valence-corrected chi connectivity index (χ2v) is 3.05. The Morgan fingerprint density at radius 3 is 2.93 bits per heavy atom. The van der Waals surface area contributed by atoms with Gasteiger partial charge >= 0.3 is 0 Å². The van der Waals surface area contributed by atoms with E-state index in [4.69, 9.17) is 0 Å². The zero-order valence-corrected chi connectivity index (χ0v) is 10.6. The first kappa shape index (κ1) is 11.6. The van der Waals surface area contributed by atoms with Crippen LogP contribution in [-0.4, -0.2) is 13.0 Å². The molecule has 0 unspecified atom stereocenters. The van der Waals surface area contributed by atoms with E-state index >= 15 is 0 Å². The average molecular weight is 261 g/mol. The van der Waals surface area contributed by atoms with E-state index in [0.29, 0.717) is 6.54 Å². The molecular formula is C11H10NOY-. The first-order valence-electron chi connectivity index (χ1n) is 4.29. The van der Waals surface area contributed by atoms with E-state index < -0.39 is 0 Å². The maximum atomic E-state index is 10.0. The van der Waals surface area contributed by atoms with Crippen LogP contribution in [0.1, 0.15) is 11.1 Å². The van der Waals surface area contributed by atoms with Crippen LogP contribution in [0.2, 0.25) is 0 Å². The van der Waals surface area contributed by atoms with Crippen LogP contribution in [0, 0.1) is 0 Å². The summed E-state index contributed by atoms with van der Waals surface area (Å²) in [4.78, 5) is 10.0. The number of hydrogen-bond donors (Lipinski definition) is 1. The molecule has 0 bridgehead atoms. The Morgan fingerprint density at radius 1 is 1.36 bits per heavy atom. The fraction of sp³-hybridized carbons (Fsp3) is 0.182. The van der Waals surface area contributed by atoms with Gasteiger partial charge < -0.3 is 10.1 Å². The van der Waals surface area contributed by atoms with Crippen molar-refractivity contribution in [3.8, 4) is 0 Å². The van der Waals surface area contributed by atoms with Crippen LogP contribution in [0.15, 0.2) is 30.3 Å². The monoisotopic (exact) mass is 261 g/mol. The van der Waals surface area contributed by atoms with Crippen molar-refractivity contribution >= 4 is 12.0 Å². The maximum Gasteiger partial charge on any atom is 0.0120 e. The first-order valence-corrected chi connectivity index (χ1v) is 4.29. The minimum Gasteiger partial charge on any atom is -0.526 e. The van der Waals surface area contributed by atoms with Gasteiger partial charge in [0.05, 0.1) is 0 Å². The molecule has 0 aliphatic heterocycles. The van der Waals surface area contributed by atoms with Crippen molar-refractivity contribution in [3.63, 3.8) is 0 Å². The Bertz CT molecular complexity index is 360. The van der Waals surface area contributed by atoms with Crippen LogP contribution in [0.3, 0.4) is 0 Å². The van der Waals surface area contributed by atoms with E-state index in [2.05, 4.69) is 23.5 Å². The summed E-state index contributed by atoms with van der Waals surface area (Å²) in [6, 6.07) is 8.25. The summed E-state index contributed by atoms with van der Waals surface area (Å²) < 4.78 is 0. The molecule has 0 atom stereocenters. The Balaban J connectivity index is 0.000000980. The normalized spacial score (nSPS) is 12.4. The maximum absolute atomic E-state index is 10.0. The van der Waals surface area contributed by atoms with Crippen molar-refractivity contribution < 1.29 is 37.5 Å². The molecule has 1 aliphatic carbocycles. The smallest absolute Gasteiger partial charge is 0.0120 e. The predicted octanol–water partition coefficient (Wildman–Crippen LogP) is 1.28. The van der Waals surface area contributed by atoms with Gasteiger partial charge in [0, 0.05) is 39.3 Å². The summed E-state index contributed by atoms with van der Waals surface area (Å²) in [6.07, 6.45) is 4.81. The van der Waals surface area contributed by atoms with E-state index in [1.807, 2.05) is 12.1 Å². The second kappa shape index (κ2) is 5.42. The average Bonchev–Trinajstić information content (AvgIpc) is 2.58. The molecule has 0 fully saturated rings. The van der Waals surface area contributed by atoms with Gasteiger partial charge in [0.1, 0.15) is 0 Å². The zero-order chi connectivity index (χ0) is 9.10. The van der Waals surface area contributed by atoms with Gasteiger partial charge in [0.25, 0.3) is 0 Å². The molecule has 1 aliphatic rings. The van der Waals surface area contributed by atoms with Gasteiger partial charge in [0.2, 0.25) is 0 Å². The fourth-order valence-corrected chi connectivity index (χ4v) is 1.65. The zero-order valence-electron chi connectivity index (χ0n) is 7.79. The van der Waals surface area contributed by atoms with Crippen LogP contribution in [0.4, 0.5) is 0 Å². The molecule has 2 nitrogen and oxygen atoms in total. The van der Waals surface area contributed by atoms with Crippen LogP contribution in [0.5, 0.6) is 0 Å². The van der Waals surface area contributed by atoms with Gasteiger partial charge in [0.15, 0.2) is 0 Å². The molecule has 0 saturated carbocycles. The molecule has 1 N–H and O–H groups in total. The molecule has 0 spiro atoms. The molecule has 1 amide bonds. The quantitative estimate of drug-likeness (QED) is 0.644. The number of fused-ring (bicyclic) bond motifs is 1. The van der Waals surface area contributed by atoms with E-state index in [1.54, 1.807) is 6.41 Å². The molecule has 0 heterocycles. The van der Waals surface area contributed by atoms with Crippen LogP contribution in [0.25, 0.3) is 5.57 Å². The summed E-state index contributed by atoms with van der Waals surface area (Å²) >= 11 is 0. The third kappa shape index (κ3) is 2.31. The van der Waals surface area contributed by atoms with Crippen molar-refractivity contribution in [2.75, 3.05) is 6.54 Å². The summed E-state index contributed by atoms with van der Waals surface area (Å²) in [5, 5.41) is 2.56. The standard InChI is InChI=1S/C11H10NO.Y/c13-8-12-7-10-6-5-9-3-1-2-4-11(9)10;/h1-4,6H,5,7H2,(H,12,13);/q-1;. The predicted molar refractivity (Wildman–Crippen MR) is 51.8 cm³/mol. The van der Waals surface area contributed by atoms with Gasteiger partial charge in [-0.3, -0.25) is 0 Å². The van der Waals surface area contributed by atoms with Gasteiger partial charge in [-0.05, 0) is 23.1 Å². The molecule has 1 radical (unpaired) electrons. The number of hydrogen-bond acceptors (Lipinski definition) is 1. The molecule has 0 aromatic heterocycles. The molecular weight excluding hydrogens is 251 g/mol. The number of nitrogens with one attached hydrogen (secondary N) is 1. The van der Waals surface area contributed by atoms with Crippen molar-refractivity contribution in [3.05, 3.63) is 41.5 Å². The number of carbonyl (C=O) groups excluding carboxylic acids is 1.